The van der Waals surface area contributed by atoms with Crippen molar-refractivity contribution in [3.8, 4) is 5.69 Å². The van der Waals surface area contributed by atoms with Gasteiger partial charge in [-0.3, -0.25) is 0 Å². The van der Waals surface area contributed by atoms with Gasteiger partial charge in [-0.2, -0.15) is 4.74 Å². The third kappa shape index (κ3) is 3.91. The summed E-state index contributed by atoms with van der Waals surface area (Å²) in [5.74, 6) is -1.87. The Morgan fingerprint density at radius 3 is 2.62 bits per heavy atom. The lowest BCUT2D eigenvalue weighted by molar-refractivity contribution is 0.198. The largest absolute Gasteiger partial charge is 0.446 e. The molecule has 7 nitrogen and oxygen atoms in total. The molecule has 10 heteroatoms. The molecule has 32 heavy (non-hydrogen) atoms. The van der Waals surface area contributed by atoms with Crippen LogP contribution >= 0.6 is 0 Å². The SMILES string of the molecule is CS(=O)(=O)NCc1ccc2oc3cc(C4CCC4)n(-c4cccc(F)c4F)oc=3oc2c1. The quantitative estimate of drug-likeness (QED) is 0.458. The second-order valence-corrected chi connectivity index (χ2v) is 9.72. The number of nitrogens with zero attached hydrogens (tertiary/aromatic N) is 1. The Bertz CT molecular complexity index is 1520. The Kier molecular flexibility index (Phi) is 5.06. The Morgan fingerprint density at radius 1 is 1.09 bits per heavy atom. The second kappa shape index (κ2) is 7.79. The first-order valence-electron chi connectivity index (χ1n) is 10.1. The average molecular weight is 462 g/mol. The Hall–Kier alpha value is -3.11. The van der Waals surface area contributed by atoms with E-state index in [9.17, 15) is 17.2 Å². The zero-order valence-corrected chi connectivity index (χ0v) is 17.9. The number of fused-ring (bicyclic) bond motifs is 1. The monoisotopic (exact) mass is 462 g/mol. The predicted molar refractivity (Wildman–Crippen MR) is 111 cm³/mol. The molecule has 1 fully saturated rings. The van der Waals surface area contributed by atoms with Crippen LogP contribution in [0.4, 0.5) is 8.78 Å². The molecule has 2 aromatic carbocycles. The van der Waals surface area contributed by atoms with Crippen LogP contribution in [0.3, 0.4) is 0 Å². The highest BCUT2D eigenvalue weighted by Gasteiger charge is 2.26. The van der Waals surface area contributed by atoms with E-state index in [2.05, 4.69) is 4.72 Å². The summed E-state index contributed by atoms with van der Waals surface area (Å²) in [7, 11) is -3.36. The number of aromatic nitrogens is 1. The molecular formula is C22H20F2N2O5S. The van der Waals surface area contributed by atoms with Gasteiger partial charge in [0.2, 0.25) is 15.4 Å². The van der Waals surface area contributed by atoms with Gasteiger partial charge >= 0.3 is 5.61 Å². The van der Waals surface area contributed by atoms with Crippen LogP contribution in [0.15, 0.2) is 55.8 Å². The van der Waals surface area contributed by atoms with Crippen LogP contribution in [-0.4, -0.2) is 19.4 Å². The van der Waals surface area contributed by atoms with Crippen molar-refractivity contribution < 1.29 is 30.6 Å². The number of rotatable bonds is 5. The minimum absolute atomic E-state index is 0.0162. The summed E-state index contributed by atoms with van der Waals surface area (Å²) in [6.07, 6.45) is 3.92. The molecule has 2 heterocycles. The van der Waals surface area contributed by atoms with Gasteiger partial charge in [0.1, 0.15) is 5.69 Å². The molecule has 168 valence electrons. The van der Waals surface area contributed by atoms with Gasteiger partial charge < -0.3 is 13.4 Å². The summed E-state index contributed by atoms with van der Waals surface area (Å²) < 4.78 is 72.5. The van der Waals surface area contributed by atoms with Gasteiger partial charge in [0.25, 0.3) is 0 Å². The number of hydrogen-bond donors (Lipinski definition) is 1. The number of nitrogens with one attached hydrogen (secondary N) is 1. The molecular weight excluding hydrogens is 442 g/mol. The lowest BCUT2D eigenvalue weighted by Gasteiger charge is -2.27. The van der Waals surface area contributed by atoms with Crippen LogP contribution in [0.5, 0.6) is 0 Å². The van der Waals surface area contributed by atoms with Crippen molar-refractivity contribution >= 4 is 21.2 Å². The van der Waals surface area contributed by atoms with Crippen molar-refractivity contribution in [2.24, 2.45) is 0 Å². The van der Waals surface area contributed by atoms with Crippen molar-refractivity contribution in [2.45, 2.75) is 31.7 Å². The summed E-state index contributed by atoms with van der Waals surface area (Å²) in [5.41, 5.74) is 2.32. The molecule has 1 aliphatic carbocycles. The molecule has 0 aromatic heterocycles. The lowest BCUT2D eigenvalue weighted by Crippen LogP contribution is -2.21. The fourth-order valence-corrected chi connectivity index (χ4v) is 4.09. The fourth-order valence-electron chi connectivity index (χ4n) is 3.66. The summed E-state index contributed by atoms with van der Waals surface area (Å²) in [6, 6.07) is 10.6. The first-order valence-corrected chi connectivity index (χ1v) is 12.0. The van der Waals surface area contributed by atoms with Crippen LogP contribution in [0, 0.1) is 22.7 Å². The van der Waals surface area contributed by atoms with E-state index in [0.29, 0.717) is 27.8 Å². The fraction of sp³-hybridized carbons (Fsp3) is 0.273. The number of hydrogen-bond acceptors (Lipinski definition) is 5. The van der Waals surface area contributed by atoms with E-state index in [1.165, 1.54) is 16.9 Å². The zero-order chi connectivity index (χ0) is 22.5. The van der Waals surface area contributed by atoms with Gasteiger partial charge in [0.15, 0.2) is 22.8 Å². The minimum atomic E-state index is -3.36. The molecule has 0 unspecified atom stereocenters. The third-order valence-electron chi connectivity index (χ3n) is 5.53. The minimum Gasteiger partial charge on any atom is -0.446 e. The normalized spacial score (nSPS) is 14.7. The van der Waals surface area contributed by atoms with Crippen LogP contribution in [0.2, 0.25) is 0 Å². The highest BCUT2D eigenvalue weighted by Crippen LogP contribution is 2.38. The zero-order valence-electron chi connectivity index (χ0n) is 17.1. The molecule has 3 aliphatic rings. The van der Waals surface area contributed by atoms with E-state index < -0.39 is 21.7 Å². The maximum atomic E-state index is 14.6. The molecule has 1 saturated carbocycles. The molecule has 0 amide bonds. The van der Waals surface area contributed by atoms with E-state index in [4.69, 9.17) is 13.4 Å². The van der Waals surface area contributed by atoms with Crippen molar-refractivity contribution in [2.75, 3.05) is 6.26 Å². The summed E-state index contributed by atoms with van der Waals surface area (Å²) in [6.45, 7) is 0.0780. The van der Waals surface area contributed by atoms with Crippen molar-refractivity contribution in [1.29, 1.82) is 0 Å². The Balaban J connectivity index is 1.68. The molecule has 0 saturated heterocycles. The maximum absolute atomic E-state index is 14.6. The molecule has 5 rings (SSSR count). The van der Waals surface area contributed by atoms with E-state index in [1.54, 1.807) is 24.3 Å². The van der Waals surface area contributed by atoms with Gasteiger partial charge in [-0.15, -0.1) is 0 Å². The first-order chi connectivity index (χ1) is 15.3. The van der Waals surface area contributed by atoms with E-state index >= 15 is 0 Å². The maximum Gasteiger partial charge on any atom is 0.356 e. The number of sulfonamides is 1. The predicted octanol–water partition coefficient (Wildman–Crippen LogP) is 4.85. The highest BCUT2D eigenvalue weighted by atomic mass is 32.2. The van der Waals surface area contributed by atoms with E-state index in [0.717, 1.165) is 31.6 Å². The molecule has 0 spiro atoms. The number of benzene rings is 2. The van der Waals surface area contributed by atoms with Crippen molar-refractivity contribution in [1.82, 2.24) is 9.46 Å². The summed E-state index contributed by atoms with van der Waals surface area (Å²) >= 11 is 0. The average Bonchev–Trinajstić information content (AvgIpc) is 2.70. The lowest BCUT2D eigenvalue weighted by atomic mass is 9.82. The van der Waals surface area contributed by atoms with Crippen LogP contribution in [0.25, 0.3) is 16.9 Å². The molecule has 0 bridgehead atoms. The smallest absolute Gasteiger partial charge is 0.356 e. The van der Waals surface area contributed by atoms with Crippen LogP contribution in [-0.2, 0) is 16.6 Å². The van der Waals surface area contributed by atoms with Gasteiger partial charge in [-0.1, -0.05) is 18.6 Å². The van der Waals surface area contributed by atoms with Crippen molar-refractivity contribution in [3.63, 3.8) is 0 Å². The van der Waals surface area contributed by atoms with Gasteiger partial charge in [-0.25, -0.2) is 21.9 Å². The van der Waals surface area contributed by atoms with Crippen LogP contribution < -0.4 is 4.72 Å². The topological polar surface area (TPSA) is 90.5 Å². The van der Waals surface area contributed by atoms with E-state index in [-0.39, 0.29) is 23.8 Å². The van der Waals surface area contributed by atoms with Gasteiger partial charge in [0.05, 0.1) is 11.9 Å². The second-order valence-electron chi connectivity index (χ2n) is 7.89. The molecule has 0 atom stereocenters. The molecule has 1 N–H and O–H groups in total. The van der Waals surface area contributed by atoms with Gasteiger partial charge in [0, 0.05) is 18.5 Å². The molecule has 0 radical (unpaired) electrons. The summed E-state index contributed by atoms with van der Waals surface area (Å²) in [4.78, 5) is 0. The van der Waals surface area contributed by atoms with E-state index in [1.807, 2.05) is 0 Å². The van der Waals surface area contributed by atoms with Crippen molar-refractivity contribution in [3.05, 3.63) is 76.4 Å². The van der Waals surface area contributed by atoms with Crippen LogP contribution in [0.1, 0.15) is 36.4 Å². The Labute approximate surface area is 181 Å². The molecule has 2 aromatic rings. The third-order valence-corrected chi connectivity index (χ3v) is 6.20. The standard InChI is InChI=1S/C22H20F2N2O5S/c1-32(27,28)25-12-13-8-9-18-19(10-13)30-22-20(29-18)11-17(14-4-2-5-14)26(31-22)16-7-3-6-15(23)21(16)24/h3,6-11,14,25H,2,4-5,12H2,1H3. The van der Waals surface area contributed by atoms with Gasteiger partial charge in [-0.05, 0) is 42.7 Å². The summed E-state index contributed by atoms with van der Waals surface area (Å²) in [5, 5.41) is 0. The highest BCUT2D eigenvalue weighted by molar-refractivity contribution is 7.88. The Morgan fingerprint density at radius 2 is 1.91 bits per heavy atom. The number of halogens is 2. The first kappa shape index (κ1) is 20.8. The molecule has 2 aliphatic heterocycles.